The van der Waals surface area contributed by atoms with Gasteiger partial charge in [-0.1, -0.05) is 11.6 Å². The molecule has 0 unspecified atom stereocenters. The Labute approximate surface area is 148 Å². The monoisotopic (exact) mass is 362 g/mol. The van der Waals surface area contributed by atoms with Crippen LogP contribution in [0.3, 0.4) is 0 Å². The number of halogens is 1. The summed E-state index contributed by atoms with van der Waals surface area (Å²) < 4.78 is 1.20. The van der Waals surface area contributed by atoms with E-state index in [4.69, 9.17) is 16.7 Å². The van der Waals surface area contributed by atoms with Crippen LogP contribution in [0.2, 0.25) is 5.02 Å². The topological polar surface area (TPSA) is 105 Å². The van der Waals surface area contributed by atoms with Crippen LogP contribution in [0.1, 0.15) is 23.2 Å². The summed E-state index contributed by atoms with van der Waals surface area (Å²) in [5.41, 5.74) is 0.833. The molecule has 1 aliphatic rings. The zero-order chi connectivity index (χ0) is 18.0. The molecule has 0 aliphatic carbocycles. The lowest BCUT2D eigenvalue weighted by atomic mass is 10.1. The SMILES string of the molecule is O=C(O)Cn1ccc(NC(=O)c2ccc(Cl)c(N3CCCC3=O)c2)n1. The third-order valence-corrected chi connectivity index (χ3v) is 4.07. The fraction of sp³-hybridized carbons (Fsp3) is 0.250. The Balaban J connectivity index is 1.77. The smallest absolute Gasteiger partial charge is 0.325 e. The van der Waals surface area contributed by atoms with E-state index in [1.54, 1.807) is 23.1 Å². The summed E-state index contributed by atoms with van der Waals surface area (Å²) in [5, 5.41) is 15.7. The molecule has 2 N–H and O–H groups in total. The number of carbonyl (C=O) groups excluding carboxylic acids is 2. The summed E-state index contributed by atoms with van der Waals surface area (Å²) in [4.78, 5) is 36.5. The van der Waals surface area contributed by atoms with Gasteiger partial charge in [-0.05, 0) is 24.6 Å². The molecule has 9 heteroatoms. The number of aliphatic carboxylic acids is 1. The molecule has 0 saturated carbocycles. The van der Waals surface area contributed by atoms with Crippen LogP contribution < -0.4 is 10.2 Å². The quantitative estimate of drug-likeness (QED) is 0.846. The first kappa shape index (κ1) is 17.0. The molecule has 0 radical (unpaired) electrons. The molecular formula is C16H15ClN4O4. The van der Waals surface area contributed by atoms with Gasteiger partial charge in [0.1, 0.15) is 6.54 Å². The number of hydrogen-bond acceptors (Lipinski definition) is 4. The van der Waals surface area contributed by atoms with Gasteiger partial charge in [0.25, 0.3) is 5.91 Å². The van der Waals surface area contributed by atoms with E-state index < -0.39 is 11.9 Å². The summed E-state index contributed by atoms with van der Waals surface area (Å²) in [6.45, 7) is 0.279. The van der Waals surface area contributed by atoms with Crippen LogP contribution in [0.4, 0.5) is 11.5 Å². The Morgan fingerprint density at radius 1 is 1.32 bits per heavy atom. The summed E-state index contributed by atoms with van der Waals surface area (Å²) in [5.74, 6) is -1.24. The maximum absolute atomic E-state index is 12.4. The molecule has 2 amide bonds. The van der Waals surface area contributed by atoms with Gasteiger partial charge in [0.15, 0.2) is 5.82 Å². The number of benzene rings is 1. The Hall–Kier alpha value is -2.87. The van der Waals surface area contributed by atoms with Crippen molar-refractivity contribution in [3.63, 3.8) is 0 Å². The molecule has 0 atom stereocenters. The van der Waals surface area contributed by atoms with Crippen molar-refractivity contribution in [2.45, 2.75) is 19.4 Å². The van der Waals surface area contributed by atoms with Crippen molar-refractivity contribution < 1.29 is 19.5 Å². The number of aromatic nitrogens is 2. The van der Waals surface area contributed by atoms with Crippen LogP contribution >= 0.6 is 11.6 Å². The van der Waals surface area contributed by atoms with Crippen LogP contribution in [0, 0.1) is 0 Å². The number of amides is 2. The van der Waals surface area contributed by atoms with Gasteiger partial charge in [0, 0.05) is 30.8 Å². The molecule has 1 aliphatic heterocycles. The summed E-state index contributed by atoms with van der Waals surface area (Å²) in [7, 11) is 0. The Morgan fingerprint density at radius 3 is 2.80 bits per heavy atom. The van der Waals surface area contributed by atoms with Crippen molar-refractivity contribution in [3.05, 3.63) is 41.0 Å². The molecule has 130 valence electrons. The molecule has 0 spiro atoms. The lowest BCUT2D eigenvalue weighted by molar-refractivity contribution is -0.137. The van der Waals surface area contributed by atoms with E-state index in [9.17, 15) is 14.4 Å². The van der Waals surface area contributed by atoms with Crippen LogP contribution in [0.25, 0.3) is 0 Å². The normalized spacial score (nSPS) is 14.0. The van der Waals surface area contributed by atoms with Crippen molar-refractivity contribution in [2.75, 3.05) is 16.8 Å². The third-order valence-electron chi connectivity index (χ3n) is 3.75. The minimum absolute atomic E-state index is 0.0214. The molecule has 1 aromatic carbocycles. The third kappa shape index (κ3) is 3.80. The fourth-order valence-corrected chi connectivity index (χ4v) is 2.83. The van der Waals surface area contributed by atoms with Crippen LogP contribution in [-0.2, 0) is 16.1 Å². The van der Waals surface area contributed by atoms with E-state index >= 15 is 0 Å². The minimum atomic E-state index is -1.03. The Morgan fingerprint density at radius 2 is 2.12 bits per heavy atom. The van der Waals surface area contributed by atoms with Crippen molar-refractivity contribution in [1.82, 2.24) is 9.78 Å². The highest BCUT2D eigenvalue weighted by atomic mass is 35.5. The molecule has 1 aromatic heterocycles. The van der Waals surface area contributed by atoms with Crippen LogP contribution in [-0.4, -0.2) is 39.2 Å². The average molecular weight is 363 g/mol. The van der Waals surface area contributed by atoms with Gasteiger partial charge < -0.3 is 15.3 Å². The van der Waals surface area contributed by atoms with Gasteiger partial charge in [0.05, 0.1) is 10.7 Å². The van der Waals surface area contributed by atoms with Crippen molar-refractivity contribution in [1.29, 1.82) is 0 Å². The maximum atomic E-state index is 12.4. The highest BCUT2D eigenvalue weighted by molar-refractivity contribution is 6.34. The number of anilines is 2. The second kappa shape index (κ2) is 6.94. The zero-order valence-corrected chi connectivity index (χ0v) is 13.9. The number of hydrogen-bond donors (Lipinski definition) is 2. The number of nitrogens with zero attached hydrogens (tertiary/aromatic N) is 3. The van der Waals surface area contributed by atoms with Gasteiger partial charge in [-0.25, -0.2) is 0 Å². The van der Waals surface area contributed by atoms with Crippen molar-refractivity contribution in [3.8, 4) is 0 Å². The van der Waals surface area contributed by atoms with Gasteiger partial charge >= 0.3 is 5.97 Å². The number of carboxylic acids is 1. The average Bonchev–Trinajstić information content (AvgIpc) is 3.16. The molecule has 8 nitrogen and oxygen atoms in total. The molecule has 1 fully saturated rings. The second-order valence-corrected chi connectivity index (χ2v) is 5.97. The summed E-state index contributed by atoms with van der Waals surface area (Å²) in [6.07, 6.45) is 2.68. The van der Waals surface area contributed by atoms with E-state index in [0.29, 0.717) is 29.2 Å². The van der Waals surface area contributed by atoms with Gasteiger partial charge in [-0.2, -0.15) is 5.10 Å². The summed E-state index contributed by atoms with van der Waals surface area (Å²) in [6, 6.07) is 6.19. The largest absolute Gasteiger partial charge is 0.480 e. The highest BCUT2D eigenvalue weighted by Crippen LogP contribution is 2.30. The van der Waals surface area contributed by atoms with E-state index in [1.807, 2.05) is 0 Å². The fourth-order valence-electron chi connectivity index (χ4n) is 2.61. The van der Waals surface area contributed by atoms with Crippen molar-refractivity contribution in [2.24, 2.45) is 0 Å². The lowest BCUT2D eigenvalue weighted by Gasteiger charge is -2.18. The number of carboxylic acid groups (broad SMARTS) is 1. The number of nitrogens with one attached hydrogen (secondary N) is 1. The van der Waals surface area contributed by atoms with Crippen LogP contribution in [0.5, 0.6) is 0 Å². The molecule has 25 heavy (non-hydrogen) atoms. The molecular weight excluding hydrogens is 348 g/mol. The highest BCUT2D eigenvalue weighted by Gasteiger charge is 2.24. The summed E-state index contributed by atoms with van der Waals surface area (Å²) >= 11 is 6.16. The molecule has 1 saturated heterocycles. The minimum Gasteiger partial charge on any atom is -0.480 e. The van der Waals surface area contributed by atoms with Gasteiger partial charge in [-0.15, -0.1) is 0 Å². The van der Waals surface area contributed by atoms with Gasteiger partial charge in [-0.3, -0.25) is 19.1 Å². The maximum Gasteiger partial charge on any atom is 0.325 e. The first-order chi connectivity index (χ1) is 11.9. The molecule has 3 rings (SSSR count). The Kier molecular flexibility index (Phi) is 4.71. The number of rotatable bonds is 5. The zero-order valence-electron chi connectivity index (χ0n) is 13.1. The first-order valence-corrected chi connectivity index (χ1v) is 7.98. The standard InChI is InChI=1S/C16H15ClN4O4/c17-11-4-3-10(8-12(11)21-6-1-2-14(21)22)16(25)18-13-5-7-20(19-13)9-15(23)24/h3-5,7-8H,1-2,6,9H2,(H,23,24)(H,18,19,25). The lowest BCUT2D eigenvalue weighted by Crippen LogP contribution is -2.24. The predicted octanol–water partition coefficient (Wildman–Crippen LogP) is 2.00. The van der Waals surface area contributed by atoms with E-state index in [-0.39, 0.29) is 18.3 Å². The van der Waals surface area contributed by atoms with Crippen molar-refractivity contribution >= 4 is 40.9 Å². The van der Waals surface area contributed by atoms with E-state index in [1.165, 1.54) is 16.9 Å². The van der Waals surface area contributed by atoms with Crippen LogP contribution in [0.15, 0.2) is 30.5 Å². The molecule has 0 bridgehead atoms. The Bertz CT molecular complexity index is 848. The first-order valence-electron chi connectivity index (χ1n) is 7.60. The molecule has 2 heterocycles. The number of carbonyl (C=O) groups is 3. The second-order valence-electron chi connectivity index (χ2n) is 5.56. The van der Waals surface area contributed by atoms with E-state index in [2.05, 4.69) is 10.4 Å². The molecule has 2 aromatic rings. The predicted molar refractivity (Wildman–Crippen MR) is 90.9 cm³/mol. The van der Waals surface area contributed by atoms with E-state index in [0.717, 1.165) is 6.42 Å². The van der Waals surface area contributed by atoms with Gasteiger partial charge in [0.2, 0.25) is 5.91 Å².